The van der Waals surface area contributed by atoms with Gasteiger partial charge >= 0.3 is 0 Å². The highest BCUT2D eigenvalue weighted by molar-refractivity contribution is 9.10. The summed E-state index contributed by atoms with van der Waals surface area (Å²) in [6, 6.07) is 6.09. The minimum Gasteiger partial charge on any atom is -0.388 e. The molecule has 0 aliphatic rings. The molecule has 0 bridgehead atoms. The van der Waals surface area contributed by atoms with Crippen LogP contribution in [0.3, 0.4) is 0 Å². The van der Waals surface area contributed by atoms with E-state index in [2.05, 4.69) is 28.9 Å². The molecule has 0 aliphatic heterocycles. The second-order valence-electron chi connectivity index (χ2n) is 3.72. The summed E-state index contributed by atoms with van der Waals surface area (Å²) in [6.07, 6.45) is 2.74. The summed E-state index contributed by atoms with van der Waals surface area (Å²) in [6.45, 7) is 4.18. The van der Waals surface area contributed by atoms with Crippen molar-refractivity contribution >= 4 is 15.9 Å². The topological polar surface area (TPSA) is 20.2 Å². The van der Waals surface area contributed by atoms with Gasteiger partial charge in [0.05, 0.1) is 6.10 Å². The van der Waals surface area contributed by atoms with Crippen molar-refractivity contribution < 1.29 is 5.11 Å². The lowest BCUT2D eigenvalue weighted by Gasteiger charge is -2.11. The van der Waals surface area contributed by atoms with Crippen molar-refractivity contribution in [3.8, 4) is 0 Å². The molecular formula is C12H17BrO. The summed E-state index contributed by atoms with van der Waals surface area (Å²) in [5.41, 5.74) is 2.20. The lowest BCUT2D eigenvalue weighted by molar-refractivity contribution is 0.164. The summed E-state index contributed by atoms with van der Waals surface area (Å²) in [4.78, 5) is 0. The summed E-state index contributed by atoms with van der Waals surface area (Å²) in [5, 5.41) is 9.88. The molecule has 2 heteroatoms. The first kappa shape index (κ1) is 11.7. The second kappa shape index (κ2) is 5.52. The van der Waals surface area contributed by atoms with E-state index in [9.17, 15) is 5.11 Å². The monoisotopic (exact) mass is 256 g/mol. The van der Waals surface area contributed by atoms with Gasteiger partial charge in [-0.25, -0.2) is 0 Å². The molecule has 1 N–H and O–H groups in total. The van der Waals surface area contributed by atoms with Gasteiger partial charge in [0.2, 0.25) is 0 Å². The van der Waals surface area contributed by atoms with Crippen molar-refractivity contribution in [3.05, 3.63) is 33.8 Å². The van der Waals surface area contributed by atoms with Gasteiger partial charge in [0.1, 0.15) is 0 Å². The fourth-order valence-electron chi connectivity index (χ4n) is 1.52. The van der Waals surface area contributed by atoms with Crippen LogP contribution in [-0.2, 0) is 0 Å². The molecule has 0 saturated heterocycles. The minimum atomic E-state index is -0.314. The Labute approximate surface area is 94.3 Å². The molecule has 1 nitrogen and oxygen atoms in total. The standard InChI is InChI=1S/C12H17BrO/c1-3-4-5-12(14)10-6-9(2)7-11(13)8-10/h6-8,12,14H,3-5H2,1-2H3. The molecule has 0 aliphatic carbocycles. The number of aliphatic hydroxyl groups is 1. The van der Waals surface area contributed by atoms with Crippen molar-refractivity contribution in [2.24, 2.45) is 0 Å². The van der Waals surface area contributed by atoms with Crippen LogP contribution in [0.25, 0.3) is 0 Å². The van der Waals surface area contributed by atoms with Crippen LogP contribution in [0.1, 0.15) is 43.4 Å². The van der Waals surface area contributed by atoms with Crippen LogP contribution in [0.4, 0.5) is 0 Å². The molecule has 1 aromatic carbocycles. The van der Waals surface area contributed by atoms with E-state index in [4.69, 9.17) is 0 Å². The largest absolute Gasteiger partial charge is 0.388 e. The van der Waals surface area contributed by atoms with E-state index in [1.165, 1.54) is 5.56 Å². The fourth-order valence-corrected chi connectivity index (χ4v) is 2.15. The average molecular weight is 257 g/mol. The summed E-state index contributed by atoms with van der Waals surface area (Å²) in [5.74, 6) is 0. The molecule has 0 aromatic heterocycles. The normalized spacial score (nSPS) is 12.9. The maximum atomic E-state index is 9.88. The first-order chi connectivity index (χ1) is 6.63. The first-order valence-electron chi connectivity index (χ1n) is 5.08. The second-order valence-corrected chi connectivity index (χ2v) is 4.64. The number of aryl methyl sites for hydroxylation is 1. The van der Waals surface area contributed by atoms with E-state index in [1.54, 1.807) is 0 Å². The molecule has 78 valence electrons. The van der Waals surface area contributed by atoms with Crippen LogP contribution in [0.2, 0.25) is 0 Å². The molecule has 0 amide bonds. The third kappa shape index (κ3) is 3.43. The molecule has 0 heterocycles. The first-order valence-corrected chi connectivity index (χ1v) is 5.88. The van der Waals surface area contributed by atoms with Gasteiger partial charge < -0.3 is 5.11 Å². The zero-order valence-corrected chi connectivity index (χ0v) is 10.3. The van der Waals surface area contributed by atoms with Gasteiger partial charge in [-0.3, -0.25) is 0 Å². The Morgan fingerprint density at radius 1 is 1.36 bits per heavy atom. The number of aliphatic hydroxyl groups excluding tert-OH is 1. The number of rotatable bonds is 4. The summed E-state index contributed by atoms with van der Waals surface area (Å²) in [7, 11) is 0. The van der Waals surface area contributed by atoms with E-state index in [0.717, 1.165) is 29.3 Å². The quantitative estimate of drug-likeness (QED) is 0.864. The minimum absolute atomic E-state index is 0.314. The molecule has 0 saturated carbocycles. The van der Waals surface area contributed by atoms with Gasteiger partial charge in [-0.05, 0) is 36.6 Å². The molecule has 0 fully saturated rings. The van der Waals surface area contributed by atoms with Crippen LogP contribution in [0.5, 0.6) is 0 Å². The molecule has 1 unspecified atom stereocenters. The number of hydrogen-bond donors (Lipinski definition) is 1. The zero-order chi connectivity index (χ0) is 10.6. The molecule has 1 aromatic rings. The summed E-state index contributed by atoms with van der Waals surface area (Å²) >= 11 is 3.44. The van der Waals surface area contributed by atoms with E-state index < -0.39 is 0 Å². The predicted octanol–water partition coefficient (Wildman–Crippen LogP) is 3.98. The number of benzene rings is 1. The smallest absolute Gasteiger partial charge is 0.0790 e. The Bertz CT molecular complexity index is 276. The Kier molecular flexibility index (Phi) is 4.63. The van der Waals surface area contributed by atoms with E-state index in [0.29, 0.717) is 0 Å². The Morgan fingerprint density at radius 3 is 2.64 bits per heavy atom. The highest BCUT2D eigenvalue weighted by atomic mass is 79.9. The van der Waals surface area contributed by atoms with Crippen molar-refractivity contribution in [3.63, 3.8) is 0 Å². The molecule has 1 atom stereocenters. The Balaban J connectivity index is 2.73. The number of unbranched alkanes of at least 4 members (excludes halogenated alkanes) is 1. The van der Waals surface area contributed by atoms with Crippen molar-refractivity contribution in [2.75, 3.05) is 0 Å². The van der Waals surface area contributed by atoms with Gasteiger partial charge in [-0.2, -0.15) is 0 Å². The van der Waals surface area contributed by atoms with Crippen molar-refractivity contribution in [1.29, 1.82) is 0 Å². The molecule has 0 radical (unpaired) electrons. The van der Waals surface area contributed by atoms with Crippen LogP contribution < -0.4 is 0 Å². The fraction of sp³-hybridized carbons (Fsp3) is 0.500. The predicted molar refractivity (Wildman–Crippen MR) is 63.4 cm³/mol. The Morgan fingerprint density at radius 2 is 2.07 bits per heavy atom. The lowest BCUT2D eigenvalue weighted by atomic mass is 10.0. The van der Waals surface area contributed by atoms with Crippen LogP contribution in [0, 0.1) is 6.92 Å². The third-order valence-corrected chi connectivity index (χ3v) is 2.74. The van der Waals surface area contributed by atoms with Gasteiger partial charge in [0.25, 0.3) is 0 Å². The molecule has 0 spiro atoms. The van der Waals surface area contributed by atoms with E-state index in [-0.39, 0.29) is 6.10 Å². The number of halogens is 1. The highest BCUT2D eigenvalue weighted by Crippen LogP contribution is 2.23. The highest BCUT2D eigenvalue weighted by Gasteiger charge is 2.07. The molecule has 14 heavy (non-hydrogen) atoms. The van der Waals surface area contributed by atoms with E-state index in [1.807, 2.05) is 19.1 Å². The Hall–Kier alpha value is -0.340. The van der Waals surface area contributed by atoms with Crippen molar-refractivity contribution in [1.82, 2.24) is 0 Å². The lowest BCUT2D eigenvalue weighted by Crippen LogP contribution is -1.97. The summed E-state index contributed by atoms with van der Waals surface area (Å²) < 4.78 is 1.04. The van der Waals surface area contributed by atoms with Crippen LogP contribution in [-0.4, -0.2) is 5.11 Å². The van der Waals surface area contributed by atoms with Gasteiger partial charge in [-0.15, -0.1) is 0 Å². The third-order valence-electron chi connectivity index (χ3n) is 2.28. The zero-order valence-electron chi connectivity index (χ0n) is 8.76. The van der Waals surface area contributed by atoms with Crippen LogP contribution >= 0.6 is 15.9 Å². The molecular weight excluding hydrogens is 240 g/mol. The maximum absolute atomic E-state index is 9.88. The number of hydrogen-bond acceptors (Lipinski definition) is 1. The average Bonchev–Trinajstić information content (AvgIpc) is 2.12. The van der Waals surface area contributed by atoms with Gasteiger partial charge in [0, 0.05) is 4.47 Å². The van der Waals surface area contributed by atoms with Gasteiger partial charge in [-0.1, -0.05) is 41.8 Å². The maximum Gasteiger partial charge on any atom is 0.0790 e. The van der Waals surface area contributed by atoms with Crippen LogP contribution in [0.15, 0.2) is 22.7 Å². The van der Waals surface area contributed by atoms with Gasteiger partial charge in [0.15, 0.2) is 0 Å². The van der Waals surface area contributed by atoms with E-state index >= 15 is 0 Å². The molecule has 1 rings (SSSR count). The van der Waals surface area contributed by atoms with Crippen molar-refractivity contribution in [2.45, 2.75) is 39.2 Å². The SMILES string of the molecule is CCCCC(O)c1cc(C)cc(Br)c1.